The van der Waals surface area contributed by atoms with Gasteiger partial charge in [-0.1, -0.05) is 20.8 Å². The van der Waals surface area contributed by atoms with Crippen LogP contribution < -0.4 is 0 Å². The Bertz CT molecular complexity index is 316. The predicted molar refractivity (Wildman–Crippen MR) is 57.8 cm³/mol. The molecule has 1 saturated heterocycles. The highest BCUT2D eigenvalue weighted by Gasteiger charge is 2.47. The van der Waals surface area contributed by atoms with E-state index in [2.05, 4.69) is 0 Å². The van der Waals surface area contributed by atoms with Gasteiger partial charge in [0.1, 0.15) is 6.04 Å². The molecule has 0 aromatic heterocycles. The number of amides is 1. The first-order valence-electron chi connectivity index (χ1n) is 5.31. The summed E-state index contributed by atoms with van der Waals surface area (Å²) in [4.78, 5) is 24.3. The lowest BCUT2D eigenvalue weighted by molar-refractivity contribution is -0.151. The normalized spacial score (nSPS) is 30.6. The van der Waals surface area contributed by atoms with Crippen LogP contribution in [0.3, 0.4) is 0 Å². The van der Waals surface area contributed by atoms with Gasteiger partial charge in [0.15, 0.2) is 0 Å². The highest BCUT2D eigenvalue weighted by Crippen LogP contribution is 2.31. The van der Waals surface area contributed by atoms with E-state index in [0.29, 0.717) is 0 Å². The molecule has 16 heavy (non-hydrogen) atoms. The van der Waals surface area contributed by atoms with Gasteiger partial charge in [0, 0.05) is 11.8 Å². The van der Waals surface area contributed by atoms with Crippen LogP contribution in [0, 0.1) is 5.41 Å². The number of aliphatic carboxylic acids is 1. The van der Waals surface area contributed by atoms with E-state index < -0.39 is 23.0 Å². The average Bonchev–Trinajstić information content (AvgIpc) is 2.38. The fourth-order valence-corrected chi connectivity index (χ4v) is 1.93. The van der Waals surface area contributed by atoms with E-state index >= 15 is 0 Å². The summed E-state index contributed by atoms with van der Waals surface area (Å²) in [6, 6.07) is -0.915. The predicted octanol–water partition coefficient (Wildman–Crippen LogP) is 0.469. The van der Waals surface area contributed by atoms with Crippen molar-refractivity contribution in [3.8, 4) is 0 Å². The maximum absolute atomic E-state index is 12.0. The Hall–Kier alpha value is -1.10. The number of carboxylic acid groups (broad SMARTS) is 1. The molecule has 1 fully saturated rings. The molecule has 5 heteroatoms. The maximum Gasteiger partial charge on any atom is 0.326 e. The largest absolute Gasteiger partial charge is 0.480 e. The minimum absolute atomic E-state index is 0.0834. The third-order valence-electron chi connectivity index (χ3n) is 2.71. The molecule has 0 aromatic rings. The Kier molecular flexibility index (Phi) is 3.02. The van der Waals surface area contributed by atoms with E-state index in [1.807, 2.05) is 0 Å². The van der Waals surface area contributed by atoms with Crippen molar-refractivity contribution in [1.29, 1.82) is 0 Å². The molecule has 5 nitrogen and oxygen atoms in total. The van der Waals surface area contributed by atoms with E-state index in [4.69, 9.17) is 5.11 Å². The second kappa shape index (κ2) is 3.73. The second-order valence-corrected chi connectivity index (χ2v) is 5.74. The van der Waals surface area contributed by atoms with Gasteiger partial charge in [-0.05, 0) is 6.92 Å². The van der Waals surface area contributed by atoms with Gasteiger partial charge in [-0.3, -0.25) is 4.79 Å². The third-order valence-corrected chi connectivity index (χ3v) is 2.71. The fraction of sp³-hybridized carbons (Fsp3) is 0.818. The number of likely N-dealkylation sites (tertiary alicyclic amines) is 1. The third kappa shape index (κ3) is 2.52. The van der Waals surface area contributed by atoms with Crippen molar-refractivity contribution >= 4 is 11.9 Å². The van der Waals surface area contributed by atoms with Crippen molar-refractivity contribution in [2.45, 2.75) is 45.8 Å². The minimum Gasteiger partial charge on any atom is -0.480 e. The molecule has 0 saturated carbocycles. The number of carboxylic acids is 1. The number of hydrogen-bond donors (Lipinski definition) is 2. The molecule has 0 aromatic carbocycles. The van der Waals surface area contributed by atoms with Crippen LogP contribution in [0.15, 0.2) is 0 Å². The number of hydrogen-bond acceptors (Lipinski definition) is 3. The summed E-state index contributed by atoms with van der Waals surface area (Å²) in [5, 5.41) is 18.9. The number of carbonyl (C=O) groups is 2. The average molecular weight is 229 g/mol. The molecule has 1 unspecified atom stereocenters. The van der Waals surface area contributed by atoms with Crippen LogP contribution in [0.4, 0.5) is 0 Å². The Morgan fingerprint density at radius 3 is 2.25 bits per heavy atom. The topological polar surface area (TPSA) is 77.8 Å². The summed E-state index contributed by atoms with van der Waals surface area (Å²) < 4.78 is 0. The van der Waals surface area contributed by atoms with Gasteiger partial charge in [0.2, 0.25) is 5.91 Å². The summed E-state index contributed by atoms with van der Waals surface area (Å²) >= 11 is 0. The molecule has 2 atom stereocenters. The van der Waals surface area contributed by atoms with Crippen molar-refractivity contribution in [2.75, 3.05) is 6.54 Å². The Balaban J connectivity index is 2.95. The van der Waals surface area contributed by atoms with Gasteiger partial charge in [0.25, 0.3) is 0 Å². The lowest BCUT2D eigenvalue weighted by Crippen LogP contribution is -2.46. The smallest absolute Gasteiger partial charge is 0.326 e. The van der Waals surface area contributed by atoms with E-state index in [-0.39, 0.29) is 18.9 Å². The van der Waals surface area contributed by atoms with Crippen LogP contribution in [-0.2, 0) is 9.59 Å². The number of β-amino-alcohol motifs (C(OH)–C–C–N with tert-alkyl or cyclic N) is 1. The molecule has 1 amide bonds. The first-order chi connectivity index (χ1) is 7.04. The maximum atomic E-state index is 12.0. The van der Waals surface area contributed by atoms with E-state index in [1.54, 1.807) is 27.7 Å². The molecule has 0 spiro atoms. The fourth-order valence-electron chi connectivity index (χ4n) is 1.93. The first kappa shape index (κ1) is 13.0. The van der Waals surface area contributed by atoms with Crippen molar-refractivity contribution < 1.29 is 19.8 Å². The summed E-state index contributed by atoms with van der Waals surface area (Å²) in [5.41, 5.74) is -1.74. The SMILES string of the molecule is CC1(O)C[C@@H](C(=O)O)N(C(=O)C(C)(C)C)C1. The zero-order valence-electron chi connectivity index (χ0n) is 10.1. The van der Waals surface area contributed by atoms with E-state index in [1.165, 1.54) is 4.90 Å². The Labute approximate surface area is 95.1 Å². The molecule has 2 N–H and O–H groups in total. The van der Waals surface area contributed by atoms with Gasteiger partial charge in [-0.15, -0.1) is 0 Å². The summed E-state index contributed by atoms with van der Waals surface area (Å²) in [7, 11) is 0. The van der Waals surface area contributed by atoms with Crippen LogP contribution in [0.2, 0.25) is 0 Å². The first-order valence-corrected chi connectivity index (χ1v) is 5.31. The van der Waals surface area contributed by atoms with Crippen LogP contribution in [0.1, 0.15) is 34.1 Å². The molecule has 1 heterocycles. The van der Waals surface area contributed by atoms with Crippen LogP contribution in [0.5, 0.6) is 0 Å². The Morgan fingerprint density at radius 1 is 1.38 bits per heavy atom. The van der Waals surface area contributed by atoms with Gasteiger partial charge < -0.3 is 15.1 Å². The molecule has 1 rings (SSSR count). The molecule has 0 aliphatic carbocycles. The van der Waals surface area contributed by atoms with Crippen LogP contribution >= 0.6 is 0 Å². The van der Waals surface area contributed by atoms with Gasteiger partial charge in [-0.25, -0.2) is 4.79 Å². The van der Waals surface area contributed by atoms with Crippen molar-refractivity contribution in [3.05, 3.63) is 0 Å². The zero-order chi connectivity index (χ0) is 12.7. The van der Waals surface area contributed by atoms with Gasteiger partial charge in [-0.2, -0.15) is 0 Å². The molecule has 1 aliphatic heterocycles. The van der Waals surface area contributed by atoms with E-state index in [9.17, 15) is 14.7 Å². The molecule has 1 aliphatic rings. The highest BCUT2D eigenvalue weighted by atomic mass is 16.4. The quantitative estimate of drug-likeness (QED) is 0.685. The summed E-state index contributed by atoms with van der Waals surface area (Å²) in [6.45, 7) is 6.85. The van der Waals surface area contributed by atoms with Crippen LogP contribution in [-0.4, -0.2) is 45.2 Å². The standard InChI is InChI=1S/C11H19NO4/c1-10(2,3)9(15)12-6-11(4,16)5-7(12)8(13)14/h7,16H,5-6H2,1-4H3,(H,13,14)/t7-,11?/m0/s1. The zero-order valence-corrected chi connectivity index (χ0v) is 10.1. The molecule has 0 bridgehead atoms. The Morgan fingerprint density at radius 2 is 1.88 bits per heavy atom. The number of carbonyl (C=O) groups excluding carboxylic acids is 1. The van der Waals surface area contributed by atoms with Gasteiger partial charge >= 0.3 is 5.97 Å². The number of nitrogens with zero attached hydrogens (tertiary/aromatic N) is 1. The van der Waals surface area contributed by atoms with Crippen LogP contribution in [0.25, 0.3) is 0 Å². The molecular formula is C11H19NO4. The lowest BCUT2D eigenvalue weighted by atomic mass is 9.94. The monoisotopic (exact) mass is 229 g/mol. The summed E-state index contributed by atoms with van der Waals surface area (Å²) in [5.74, 6) is -1.30. The second-order valence-electron chi connectivity index (χ2n) is 5.74. The molecule has 0 radical (unpaired) electrons. The molecule has 92 valence electrons. The van der Waals surface area contributed by atoms with E-state index in [0.717, 1.165) is 0 Å². The number of rotatable bonds is 1. The molecular weight excluding hydrogens is 210 g/mol. The highest BCUT2D eigenvalue weighted by molar-refractivity contribution is 5.87. The number of aliphatic hydroxyl groups is 1. The summed E-state index contributed by atoms with van der Waals surface area (Å²) in [6.07, 6.45) is 0.0875. The lowest BCUT2D eigenvalue weighted by Gasteiger charge is -2.29. The van der Waals surface area contributed by atoms with Crippen molar-refractivity contribution in [3.63, 3.8) is 0 Å². The van der Waals surface area contributed by atoms with Gasteiger partial charge in [0.05, 0.1) is 12.1 Å². The van der Waals surface area contributed by atoms with Crippen molar-refractivity contribution in [1.82, 2.24) is 4.90 Å². The van der Waals surface area contributed by atoms with Crippen molar-refractivity contribution in [2.24, 2.45) is 5.41 Å². The minimum atomic E-state index is -1.11.